The Balaban J connectivity index is 1.94. The third-order valence-electron chi connectivity index (χ3n) is 2.30. The van der Waals surface area contributed by atoms with Gasteiger partial charge < -0.3 is 4.74 Å². The Morgan fingerprint density at radius 3 is 2.57 bits per heavy atom. The molecule has 2 rings (SSSR count). The summed E-state index contributed by atoms with van der Waals surface area (Å²) in [7, 11) is 0. The molecule has 74 valence electrons. The van der Waals surface area contributed by atoms with Crippen LogP contribution in [-0.4, -0.2) is 17.6 Å². The minimum Gasteiger partial charge on any atom is -0.373 e. The minimum atomic E-state index is -0.381. The van der Waals surface area contributed by atoms with Gasteiger partial charge in [-0.1, -0.05) is 12.1 Å². The highest BCUT2D eigenvalue weighted by Crippen LogP contribution is 2.18. The molecule has 14 heavy (non-hydrogen) atoms. The van der Waals surface area contributed by atoms with E-state index in [4.69, 9.17) is 4.74 Å². The Hall–Kier alpha value is -1.42. The Morgan fingerprint density at radius 1 is 1.43 bits per heavy atom. The Labute approximate surface area is 81.7 Å². The third kappa shape index (κ3) is 2.29. The molecule has 0 N–H and O–H groups in total. The summed E-state index contributed by atoms with van der Waals surface area (Å²) < 4.78 is 5.08. The first-order valence-corrected chi connectivity index (χ1v) is 4.60. The molecule has 0 radical (unpaired) electrons. The monoisotopic (exact) mass is 193 g/mol. The van der Waals surface area contributed by atoms with E-state index in [0.717, 1.165) is 25.0 Å². The predicted molar refractivity (Wildman–Crippen MR) is 51.2 cm³/mol. The molecule has 1 aromatic rings. The molecule has 1 aliphatic rings. The summed E-state index contributed by atoms with van der Waals surface area (Å²) in [6.45, 7) is 0.868. The van der Waals surface area contributed by atoms with Crippen molar-refractivity contribution >= 4 is 5.69 Å². The molecule has 1 heterocycles. The second-order valence-electron chi connectivity index (χ2n) is 3.42. The van der Waals surface area contributed by atoms with Crippen molar-refractivity contribution < 1.29 is 9.66 Å². The van der Waals surface area contributed by atoms with Crippen molar-refractivity contribution in [1.29, 1.82) is 0 Å². The molecular weight excluding hydrogens is 182 g/mol. The first-order valence-electron chi connectivity index (χ1n) is 4.60. The van der Waals surface area contributed by atoms with Gasteiger partial charge in [0, 0.05) is 12.1 Å². The molecule has 0 unspecified atom stereocenters. The largest absolute Gasteiger partial charge is 0.373 e. The van der Waals surface area contributed by atoms with Gasteiger partial charge in [0.1, 0.15) is 0 Å². The minimum absolute atomic E-state index is 0.149. The number of hydrogen-bond donors (Lipinski definition) is 0. The maximum absolute atomic E-state index is 10.4. The van der Waals surface area contributed by atoms with Gasteiger partial charge in [0.05, 0.1) is 17.6 Å². The van der Waals surface area contributed by atoms with E-state index in [0.29, 0.717) is 6.10 Å². The van der Waals surface area contributed by atoms with Crippen LogP contribution in [0.4, 0.5) is 5.69 Å². The summed E-state index contributed by atoms with van der Waals surface area (Å²) in [6.07, 6.45) is 2.37. The molecule has 1 fully saturated rings. The highest BCUT2D eigenvalue weighted by atomic mass is 16.6. The molecule has 1 aromatic carbocycles. The smallest absolute Gasteiger partial charge is 0.269 e. The fraction of sp³-hybridized carbons (Fsp3) is 0.400. The van der Waals surface area contributed by atoms with E-state index in [9.17, 15) is 10.1 Å². The standard InChI is InChI=1S/C10H11NO3/c12-11(13)9-4-1-8(2-5-9)3-6-10-7-14-10/h1-2,4-5,10H,3,6-7H2/t10-/m1/s1. The van der Waals surface area contributed by atoms with Crippen molar-refractivity contribution in [1.82, 2.24) is 0 Å². The zero-order chi connectivity index (χ0) is 9.97. The van der Waals surface area contributed by atoms with Gasteiger partial charge in [0.2, 0.25) is 0 Å². The zero-order valence-electron chi connectivity index (χ0n) is 7.68. The number of ether oxygens (including phenoxy) is 1. The SMILES string of the molecule is O=[N+]([O-])c1ccc(CC[C@@H]2CO2)cc1. The highest BCUT2D eigenvalue weighted by Gasteiger charge is 2.21. The van der Waals surface area contributed by atoms with Crippen LogP contribution >= 0.6 is 0 Å². The lowest BCUT2D eigenvalue weighted by molar-refractivity contribution is -0.384. The van der Waals surface area contributed by atoms with Crippen molar-refractivity contribution in [3.8, 4) is 0 Å². The van der Waals surface area contributed by atoms with E-state index in [1.807, 2.05) is 0 Å². The van der Waals surface area contributed by atoms with Crippen LogP contribution in [0, 0.1) is 10.1 Å². The number of hydrogen-bond acceptors (Lipinski definition) is 3. The molecule has 0 aliphatic carbocycles. The van der Waals surface area contributed by atoms with Gasteiger partial charge in [-0.05, 0) is 18.4 Å². The van der Waals surface area contributed by atoms with Gasteiger partial charge in [-0.2, -0.15) is 0 Å². The Bertz CT molecular complexity index is 330. The summed E-state index contributed by atoms with van der Waals surface area (Å²) in [5.41, 5.74) is 1.28. The average molecular weight is 193 g/mol. The van der Waals surface area contributed by atoms with Crippen LogP contribution in [0.15, 0.2) is 24.3 Å². The fourth-order valence-corrected chi connectivity index (χ4v) is 1.35. The summed E-state index contributed by atoms with van der Waals surface area (Å²) in [4.78, 5) is 9.99. The van der Waals surface area contributed by atoms with Crippen molar-refractivity contribution in [3.05, 3.63) is 39.9 Å². The van der Waals surface area contributed by atoms with Crippen molar-refractivity contribution in [2.24, 2.45) is 0 Å². The second-order valence-corrected chi connectivity index (χ2v) is 3.42. The van der Waals surface area contributed by atoms with Crippen LogP contribution in [0.2, 0.25) is 0 Å². The third-order valence-corrected chi connectivity index (χ3v) is 2.30. The summed E-state index contributed by atoms with van der Waals surface area (Å²) >= 11 is 0. The maximum Gasteiger partial charge on any atom is 0.269 e. The van der Waals surface area contributed by atoms with E-state index >= 15 is 0 Å². The maximum atomic E-state index is 10.4. The lowest BCUT2D eigenvalue weighted by Crippen LogP contribution is -1.92. The zero-order valence-corrected chi connectivity index (χ0v) is 7.68. The lowest BCUT2D eigenvalue weighted by Gasteiger charge is -1.98. The number of benzene rings is 1. The topological polar surface area (TPSA) is 55.7 Å². The summed E-state index contributed by atoms with van der Waals surface area (Å²) in [5.74, 6) is 0. The van der Waals surface area contributed by atoms with E-state index in [-0.39, 0.29) is 10.6 Å². The molecule has 0 amide bonds. The van der Waals surface area contributed by atoms with Crippen molar-refractivity contribution in [2.75, 3.05) is 6.61 Å². The molecule has 0 aromatic heterocycles. The van der Waals surface area contributed by atoms with Crippen LogP contribution in [0.3, 0.4) is 0 Å². The van der Waals surface area contributed by atoms with E-state index < -0.39 is 0 Å². The van der Waals surface area contributed by atoms with Crippen LogP contribution in [0.1, 0.15) is 12.0 Å². The van der Waals surface area contributed by atoms with Crippen LogP contribution < -0.4 is 0 Å². The van der Waals surface area contributed by atoms with E-state index in [2.05, 4.69) is 0 Å². The number of nitrogens with zero attached hydrogens (tertiary/aromatic N) is 1. The summed E-state index contributed by atoms with van der Waals surface area (Å²) in [5, 5.41) is 10.4. The van der Waals surface area contributed by atoms with E-state index in [1.54, 1.807) is 24.3 Å². The van der Waals surface area contributed by atoms with Crippen molar-refractivity contribution in [2.45, 2.75) is 18.9 Å². The molecule has 1 atom stereocenters. The molecule has 1 saturated heterocycles. The lowest BCUT2D eigenvalue weighted by atomic mass is 10.1. The number of epoxide rings is 1. The highest BCUT2D eigenvalue weighted by molar-refractivity contribution is 5.32. The Kier molecular flexibility index (Phi) is 2.45. The van der Waals surface area contributed by atoms with Crippen LogP contribution in [0.5, 0.6) is 0 Å². The molecule has 4 nitrogen and oxygen atoms in total. The first kappa shape index (κ1) is 9.15. The van der Waals surface area contributed by atoms with Gasteiger partial charge in [0.25, 0.3) is 5.69 Å². The molecule has 0 spiro atoms. The average Bonchev–Trinajstić information content (AvgIpc) is 2.99. The van der Waals surface area contributed by atoms with Gasteiger partial charge in [-0.3, -0.25) is 10.1 Å². The second kappa shape index (κ2) is 3.75. The van der Waals surface area contributed by atoms with Crippen LogP contribution in [0.25, 0.3) is 0 Å². The number of aryl methyl sites for hydroxylation is 1. The Morgan fingerprint density at radius 2 is 2.07 bits per heavy atom. The predicted octanol–water partition coefficient (Wildman–Crippen LogP) is 1.93. The number of non-ortho nitro benzene ring substituents is 1. The number of nitro benzene ring substituents is 1. The van der Waals surface area contributed by atoms with E-state index in [1.165, 1.54) is 0 Å². The quantitative estimate of drug-likeness (QED) is 0.417. The fourth-order valence-electron chi connectivity index (χ4n) is 1.35. The van der Waals surface area contributed by atoms with Gasteiger partial charge in [0.15, 0.2) is 0 Å². The van der Waals surface area contributed by atoms with Gasteiger partial charge >= 0.3 is 0 Å². The molecule has 1 aliphatic heterocycles. The molecular formula is C10H11NO3. The van der Waals surface area contributed by atoms with Crippen LogP contribution in [-0.2, 0) is 11.2 Å². The van der Waals surface area contributed by atoms with Gasteiger partial charge in [-0.15, -0.1) is 0 Å². The molecule has 0 saturated carbocycles. The first-order chi connectivity index (χ1) is 6.75. The number of nitro groups is 1. The number of rotatable bonds is 4. The normalized spacial score (nSPS) is 19.3. The molecule has 0 bridgehead atoms. The molecule has 4 heteroatoms. The summed E-state index contributed by atoms with van der Waals surface area (Å²) in [6, 6.07) is 6.70. The van der Waals surface area contributed by atoms with Crippen molar-refractivity contribution in [3.63, 3.8) is 0 Å². The van der Waals surface area contributed by atoms with Gasteiger partial charge in [-0.25, -0.2) is 0 Å².